The van der Waals surface area contributed by atoms with Gasteiger partial charge in [0.15, 0.2) is 0 Å². The molecule has 0 spiro atoms. The summed E-state index contributed by atoms with van der Waals surface area (Å²) in [5, 5.41) is 9.35. The maximum Gasteiger partial charge on any atom is 0.326 e. The van der Waals surface area contributed by atoms with Gasteiger partial charge in [0.2, 0.25) is 5.88 Å². The number of carboxylic acids is 1. The van der Waals surface area contributed by atoms with Crippen molar-refractivity contribution in [1.29, 1.82) is 0 Å². The highest BCUT2D eigenvalue weighted by atomic mass is 16.5. The van der Waals surface area contributed by atoms with Crippen LogP contribution in [-0.2, 0) is 9.53 Å². The lowest BCUT2D eigenvalue weighted by molar-refractivity contribution is -0.138. The molecule has 2 unspecified atom stereocenters. The molecule has 2 rings (SSSR count). The zero-order chi connectivity index (χ0) is 14.7. The van der Waals surface area contributed by atoms with Crippen LogP contribution < -0.4 is 9.64 Å². The first-order valence-corrected chi connectivity index (χ1v) is 6.55. The van der Waals surface area contributed by atoms with Crippen molar-refractivity contribution in [2.24, 2.45) is 0 Å². The lowest BCUT2D eigenvalue weighted by atomic mass is 10.2. The molecule has 0 saturated carbocycles. The van der Waals surface area contributed by atoms with Gasteiger partial charge in [0.25, 0.3) is 0 Å². The van der Waals surface area contributed by atoms with Crippen LogP contribution in [0.5, 0.6) is 5.88 Å². The minimum atomic E-state index is -0.875. The molecule has 1 fully saturated rings. The first kappa shape index (κ1) is 14.5. The Balaban J connectivity index is 2.34. The van der Waals surface area contributed by atoms with Crippen molar-refractivity contribution in [2.75, 3.05) is 25.2 Å². The van der Waals surface area contributed by atoms with Gasteiger partial charge in [0.1, 0.15) is 18.2 Å². The summed E-state index contributed by atoms with van der Waals surface area (Å²) in [6.45, 7) is 4.70. The van der Waals surface area contributed by atoms with Crippen LogP contribution in [0.25, 0.3) is 0 Å². The van der Waals surface area contributed by atoms with Crippen LogP contribution in [-0.4, -0.2) is 53.5 Å². The van der Waals surface area contributed by atoms with Crippen LogP contribution in [0.15, 0.2) is 6.33 Å². The number of carbonyl (C=O) groups is 1. The SMILES string of the molecule is CCOc1ncnc(N2CC(OC)CC2C(=O)O)c1C. The molecule has 110 valence electrons. The zero-order valence-corrected chi connectivity index (χ0v) is 11.9. The molecule has 0 bridgehead atoms. The van der Waals surface area contributed by atoms with Gasteiger partial charge in [-0.05, 0) is 13.8 Å². The second-order valence-electron chi connectivity index (χ2n) is 4.66. The minimum Gasteiger partial charge on any atom is -0.480 e. The second kappa shape index (κ2) is 6.04. The maximum atomic E-state index is 11.4. The van der Waals surface area contributed by atoms with Gasteiger partial charge in [-0.2, -0.15) is 0 Å². The van der Waals surface area contributed by atoms with Gasteiger partial charge in [-0.15, -0.1) is 0 Å². The number of rotatable bonds is 5. The fraction of sp³-hybridized carbons (Fsp3) is 0.615. The summed E-state index contributed by atoms with van der Waals surface area (Å²) in [6, 6.07) is -0.636. The van der Waals surface area contributed by atoms with Gasteiger partial charge in [0.05, 0.1) is 18.3 Å². The molecular formula is C13H19N3O4. The molecular weight excluding hydrogens is 262 g/mol. The average Bonchev–Trinajstić information content (AvgIpc) is 2.85. The lowest BCUT2D eigenvalue weighted by Gasteiger charge is -2.24. The number of methoxy groups -OCH3 is 1. The normalized spacial score (nSPS) is 22.1. The van der Waals surface area contributed by atoms with E-state index in [9.17, 15) is 9.90 Å². The largest absolute Gasteiger partial charge is 0.480 e. The Morgan fingerprint density at radius 1 is 1.55 bits per heavy atom. The van der Waals surface area contributed by atoms with Crippen molar-refractivity contribution >= 4 is 11.8 Å². The predicted molar refractivity (Wildman–Crippen MR) is 72.1 cm³/mol. The molecule has 1 aliphatic rings. The first-order chi connectivity index (χ1) is 9.58. The summed E-state index contributed by atoms with van der Waals surface area (Å²) in [6.07, 6.45) is 1.73. The van der Waals surface area contributed by atoms with E-state index in [0.717, 1.165) is 5.56 Å². The zero-order valence-electron chi connectivity index (χ0n) is 11.9. The monoisotopic (exact) mass is 281 g/mol. The number of aromatic nitrogens is 2. The maximum absolute atomic E-state index is 11.4. The minimum absolute atomic E-state index is 0.110. The van der Waals surface area contributed by atoms with E-state index >= 15 is 0 Å². The Morgan fingerprint density at radius 2 is 2.30 bits per heavy atom. The Labute approximate surface area is 117 Å². The standard InChI is InChI=1S/C13H19N3O4/c1-4-20-12-8(2)11(14-7-15-12)16-6-9(19-3)5-10(16)13(17)18/h7,9-10H,4-6H2,1-3H3,(H,17,18). The van der Waals surface area contributed by atoms with Crippen molar-refractivity contribution in [3.63, 3.8) is 0 Å². The molecule has 1 saturated heterocycles. The van der Waals surface area contributed by atoms with Crippen molar-refractivity contribution in [1.82, 2.24) is 9.97 Å². The van der Waals surface area contributed by atoms with E-state index in [1.807, 2.05) is 13.8 Å². The van der Waals surface area contributed by atoms with Crippen molar-refractivity contribution in [2.45, 2.75) is 32.4 Å². The number of hydrogen-bond acceptors (Lipinski definition) is 6. The molecule has 1 aliphatic heterocycles. The molecule has 1 aromatic rings. The summed E-state index contributed by atoms with van der Waals surface area (Å²) in [5.74, 6) is 0.207. The van der Waals surface area contributed by atoms with E-state index in [-0.39, 0.29) is 6.10 Å². The Kier molecular flexibility index (Phi) is 4.39. The lowest BCUT2D eigenvalue weighted by Crippen LogP contribution is -2.37. The quantitative estimate of drug-likeness (QED) is 0.856. The highest BCUT2D eigenvalue weighted by Gasteiger charge is 2.38. The third-order valence-corrected chi connectivity index (χ3v) is 3.45. The molecule has 7 nitrogen and oxygen atoms in total. The number of nitrogens with zero attached hydrogens (tertiary/aromatic N) is 3. The molecule has 2 heterocycles. The Morgan fingerprint density at radius 3 is 2.90 bits per heavy atom. The Bertz CT molecular complexity index is 495. The van der Waals surface area contributed by atoms with Gasteiger partial charge in [-0.1, -0.05) is 0 Å². The van der Waals surface area contributed by atoms with Crippen LogP contribution in [0.4, 0.5) is 5.82 Å². The van der Waals surface area contributed by atoms with Gasteiger partial charge in [-0.25, -0.2) is 14.8 Å². The van der Waals surface area contributed by atoms with Crippen molar-refractivity contribution in [3.05, 3.63) is 11.9 Å². The van der Waals surface area contributed by atoms with E-state index in [1.54, 1.807) is 12.0 Å². The summed E-state index contributed by atoms with van der Waals surface area (Å²) in [5.41, 5.74) is 0.748. The molecule has 1 N–H and O–H groups in total. The van der Waals surface area contributed by atoms with Gasteiger partial charge in [0, 0.05) is 20.1 Å². The van der Waals surface area contributed by atoms with Crippen LogP contribution >= 0.6 is 0 Å². The van der Waals surface area contributed by atoms with Crippen LogP contribution in [0.2, 0.25) is 0 Å². The summed E-state index contributed by atoms with van der Waals surface area (Å²) >= 11 is 0. The number of hydrogen-bond donors (Lipinski definition) is 1. The van der Waals surface area contributed by atoms with Crippen LogP contribution in [0.1, 0.15) is 18.9 Å². The first-order valence-electron chi connectivity index (χ1n) is 6.55. The van der Waals surface area contributed by atoms with Gasteiger partial charge >= 0.3 is 5.97 Å². The highest BCUT2D eigenvalue weighted by Crippen LogP contribution is 2.31. The van der Waals surface area contributed by atoms with E-state index in [0.29, 0.717) is 31.3 Å². The number of ether oxygens (including phenoxy) is 2. The van der Waals surface area contributed by atoms with E-state index < -0.39 is 12.0 Å². The third kappa shape index (κ3) is 2.67. The molecule has 0 aromatic carbocycles. The smallest absolute Gasteiger partial charge is 0.326 e. The van der Waals surface area contributed by atoms with E-state index in [1.165, 1.54) is 6.33 Å². The molecule has 20 heavy (non-hydrogen) atoms. The van der Waals surface area contributed by atoms with E-state index in [2.05, 4.69) is 9.97 Å². The molecule has 1 aromatic heterocycles. The molecule has 0 aliphatic carbocycles. The number of aliphatic carboxylic acids is 1. The summed E-state index contributed by atoms with van der Waals surface area (Å²) in [4.78, 5) is 21.4. The van der Waals surface area contributed by atoms with Gasteiger partial charge < -0.3 is 19.5 Å². The van der Waals surface area contributed by atoms with Crippen molar-refractivity contribution < 1.29 is 19.4 Å². The van der Waals surface area contributed by atoms with E-state index in [4.69, 9.17) is 9.47 Å². The van der Waals surface area contributed by atoms with Crippen molar-refractivity contribution in [3.8, 4) is 5.88 Å². The predicted octanol–water partition coefficient (Wildman–Crippen LogP) is 0.862. The summed E-state index contributed by atoms with van der Waals surface area (Å²) < 4.78 is 10.7. The molecule has 7 heteroatoms. The number of carboxylic acid groups (broad SMARTS) is 1. The highest BCUT2D eigenvalue weighted by molar-refractivity contribution is 5.79. The fourth-order valence-electron chi connectivity index (χ4n) is 2.43. The van der Waals surface area contributed by atoms with Crippen LogP contribution in [0, 0.1) is 6.92 Å². The number of anilines is 1. The third-order valence-electron chi connectivity index (χ3n) is 3.45. The van der Waals surface area contributed by atoms with Gasteiger partial charge in [-0.3, -0.25) is 0 Å². The molecule has 0 amide bonds. The Hall–Kier alpha value is -1.89. The molecule has 2 atom stereocenters. The average molecular weight is 281 g/mol. The summed E-state index contributed by atoms with van der Waals surface area (Å²) in [7, 11) is 1.59. The fourth-order valence-corrected chi connectivity index (χ4v) is 2.43. The topological polar surface area (TPSA) is 84.8 Å². The van der Waals surface area contributed by atoms with Crippen LogP contribution in [0.3, 0.4) is 0 Å². The molecule has 0 radical (unpaired) electrons. The second-order valence-corrected chi connectivity index (χ2v) is 4.66.